The summed E-state index contributed by atoms with van der Waals surface area (Å²) < 4.78 is 34.0. The summed E-state index contributed by atoms with van der Waals surface area (Å²) in [6.45, 7) is 8.33. The Morgan fingerprint density at radius 1 is 1.11 bits per heavy atom. The fraction of sp³-hybridized carbons (Fsp3) is 0.286. The van der Waals surface area contributed by atoms with Crippen LogP contribution in [0.15, 0.2) is 42.1 Å². The van der Waals surface area contributed by atoms with Crippen molar-refractivity contribution in [2.45, 2.75) is 33.6 Å². The van der Waals surface area contributed by atoms with Crippen LogP contribution in [0.4, 0.5) is 8.63 Å². The molecule has 0 saturated carbocycles. The first-order valence-electron chi connectivity index (χ1n) is 9.01. The van der Waals surface area contributed by atoms with Gasteiger partial charge in [-0.05, 0) is 55.2 Å². The van der Waals surface area contributed by atoms with Gasteiger partial charge >= 0.3 is 7.40 Å². The average molecular weight is 369 g/mol. The minimum absolute atomic E-state index is 0.375. The van der Waals surface area contributed by atoms with Gasteiger partial charge in [0.25, 0.3) is 0 Å². The van der Waals surface area contributed by atoms with E-state index in [0.717, 1.165) is 27.0 Å². The zero-order valence-electron chi connectivity index (χ0n) is 16.3. The molecule has 1 aliphatic heterocycles. The summed E-state index contributed by atoms with van der Waals surface area (Å²) in [5.41, 5.74) is 5.97. The number of aromatic amines is 1. The van der Waals surface area contributed by atoms with Crippen molar-refractivity contribution >= 4 is 19.2 Å². The van der Waals surface area contributed by atoms with E-state index in [2.05, 4.69) is 18.8 Å². The van der Waals surface area contributed by atoms with Crippen molar-refractivity contribution in [3.05, 3.63) is 70.2 Å². The molecular weight excluding hydrogens is 345 g/mol. The first-order chi connectivity index (χ1) is 12.8. The van der Waals surface area contributed by atoms with Gasteiger partial charge in [-0.1, -0.05) is 13.8 Å². The van der Waals surface area contributed by atoms with Gasteiger partial charge in [0.05, 0.1) is 7.11 Å². The van der Waals surface area contributed by atoms with Gasteiger partial charge in [-0.2, -0.15) is 0 Å². The molecule has 0 amide bonds. The average Bonchev–Trinajstić information content (AvgIpc) is 3.16. The Hall–Kier alpha value is -2.63. The smallest absolute Gasteiger partial charge is 0.497 e. The van der Waals surface area contributed by atoms with Crippen LogP contribution in [-0.2, 0) is 0 Å². The predicted octanol–water partition coefficient (Wildman–Crippen LogP) is 5.10. The second-order valence-corrected chi connectivity index (χ2v) is 7.02. The number of allylic oxidation sites excluding steroid dienone is 2. The zero-order chi connectivity index (χ0) is 19.7. The number of methoxy groups -OCH3 is 1. The van der Waals surface area contributed by atoms with Crippen LogP contribution in [0, 0.1) is 13.8 Å². The lowest BCUT2D eigenvalue weighted by Gasteiger charge is -2.05. The number of hydrogen-bond acceptors (Lipinski definition) is 1. The summed E-state index contributed by atoms with van der Waals surface area (Å²) in [5, 5.41) is 0. The Balaban J connectivity index is 2.06. The summed E-state index contributed by atoms with van der Waals surface area (Å²) in [4.78, 5) is 3.34. The predicted molar refractivity (Wildman–Crippen MR) is 107 cm³/mol. The molecule has 1 aromatic heterocycles. The van der Waals surface area contributed by atoms with E-state index in [1.807, 2.05) is 13.8 Å². The van der Waals surface area contributed by atoms with Gasteiger partial charge in [0.2, 0.25) is 0 Å². The third kappa shape index (κ3) is 3.61. The molecule has 3 nitrogen and oxygen atoms in total. The number of aryl methyl sites for hydroxylation is 1. The maximum Gasteiger partial charge on any atom is 0.935 e. The monoisotopic (exact) mass is 369 g/mol. The summed E-state index contributed by atoms with van der Waals surface area (Å²) in [5.74, 6) is 1.07. The van der Waals surface area contributed by atoms with Crippen LogP contribution in [0.25, 0.3) is 6.08 Å². The Morgan fingerprint density at radius 2 is 1.78 bits per heavy atom. The molecule has 0 radical (unpaired) electrons. The minimum Gasteiger partial charge on any atom is -0.497 e. The molecule has 0 saturated heterocycles. The van der Waals surface area contributed by atoms with Gasteiger partial charge in [0.1, 0.15) is 5.75 Å². The van der Waals surface area contributed by atoms with Crippen molar-refractivity contribution < 1.29 is 17.9 Å². The molecule has 140 valence electrons. The lowest BCUT2D eigenvalue weighted by atomic mass is 9.98. The molecule has 2 heterocycles. The van der Waals surface area contributed by atoms with Crippen LogP contribution in [0.5, 0.6) is 5.75 Å². The van der Waals surface area contributed by atoms with Gasteiger partial charge in [0.15, 0.2) is 11.4 Å². The van der Waals surface area contributed by atoms with Crippen LogP contribution in [0.1, 0.15) is 47.8 Å². The van der Waals surface area contributed by atoms with E-state index < -0.39 is 7.40 Å². The van der Waals surface area contributed by atoms with Gasteiger partial charge in [-0.25, -0.2) is 13.1 Å². The Bertz CT molecular complexity index is 938. The van der Waals surface area contributed by atoms with E-state index in [9.17, 15) is 8.63 Å². The fourth-order valence-electron chi connectivity index (χ4n) is 3.74. The van der Waals surface area contributed by atoms with Crippen LogP contribution >= 0.6 is 0 Å². The topological polar surface area (TPSA) is 28.0 Å². The molecule has 0 bridgehead atoms. The second-order valence-electron chi connectivity index (χ2n) is 7.02. The molecule has 6 heteroatoms. The molecule has 0 atom stereocenters. The first kappa shape index (κ1) is 19.1. The molecule has 0 unspecified atom stereocenters. The summed E-state index contributed by atoms with van der Waals surface area (Å²) in [6, 6.07) is 7.12. The van der Waals surface area contributed by atoms with Crippen molar-refractivity contribution in [2.75, 3.05) is 7.11 Å². The Labute approximate surface area is 159 Å². The summed E-state index contributed by atoms with van der Waals surface area (Å²) in [7, 11) is -1.06. The van der Waals surface area contributed by atoms with Gasteiger partial charge in [0, 0.05) is 35.2 Å². The molecule has 0 spiro atoms. The van der Waals surface area contributed by atoms with E-state index in [0.29, 0.717) is 23.1 Å². The SMILES string of the molecule is COc1ccc(C2=[N+](B(F)F)/C(=C\c3[nH]c(C)c(C(C)C)c3C)C=C2)cc1. The standard InChI is InChI=1S/C21H23BF2N2O/c1-13(2)21-14(3)19(25-15(21)4)12-17-8-11-20(26(17)22(23)24)16-6-9-18(27-5)10-7-16/h6-13H,1-5H3/p+1. The molecular formula is C21H24BF2N2O+. The van der Waals surface area contributed by atoms with E-state index >= 15 is 0 Å². The fourth-order valence-corrected chi connectivity index (χ4v) is 3.74. The molecule has 1 aromatic carbocycles. The van der Waals surface area contributed by atoms with Crippen molar-refractivity contribution in [1.82, 2.24) is 4.98 Å². The number of nitrogens with zero attached hydrogens (tertiary/aromatic N) is 1. The highest BCUT2D eigenvalue weighted by molar-refractivity contribution is 6.36. The highest BCUT2D eigenvalue weighted by Crippen LogP contribution is 2.28. The van der Waals surface area contributed by atoms with E-state index in [-0.39, 0.29) is 0 Å². The third-order valence-electron chi connectivity index (χ3n) is 4.93. The second kappa shape index (κ2) is 7.55. The van der Waals surface area contributed by atoms with Crippen molar-refractivity contribution in [3.63, 3.8) is 0 Å². The van der Waals surface area contributed by atoms with Crippen LogP contribution < -0.4 is 4.74 Å². The summed E-state index contributed by atoms with van der Waals surface area (Å²) in [6.07, 6.45) is 5.26. The Kier molecular flexibility index (Phi) is 5.35. The highest BCUT2D eigenvalue weighted by atomic mass is 19.2. The summed E-state index contributed by atoms with van der Waals surface area (Å²) >= 11 is 0. The van der Waals surface area contributed by atoms with Gasteiger partial charge in [-0.15, -0.1) is 0 Å². The molecule has 2 aromatic rings. The van der Waals surface area contributed by atoms with Gasteiger partial charge in [-0.3, -0.25) is 0 Å². The molecule has 1 aliphatic rings. The normalized spacial score (nSPS) is 15.3. The number of nitrogens with one attached hydrogen (secondary N) is 1. The lowest BCUT2D eigenvalue weighted by molar-refractivity contribution is -0.339. The van der Waals surface area contributed by atoms with Crippen molar-refractivity contribution in [2.24, 2.45) is 0 Å². The van der Waals surface area contributed by atoms with Gasteiger partial charge < -0.3 is 9.72 Å². The molecule has 0 aliphatic carbocycles. The number of ether oxygens (including phenoxy) is 1. The highest BCUT2D eigenvalue weighted by Gasteiger charge is 2.42. The minimum atomic E-state index is -2.63. The van der Waals surface area contributed by atoms with E-state index in [1.165, 1.54) is 5.56 Å². The van der Waals surface area contributed by atoms with E-state index in [4.69, 9.17) is 4.74 Å². The quantitative estimate of drug-likeness (QED) is 0.730. The molecule has 1 N–H and O–H groups in total. The number of hydrogen-bond donors (Lipinski definition) is 1. The molecule has 3 rings (SSSR count). The maximum atomic E-state index is 13.9. The van der Waals surface area contributed by atoms with Crippen LogP contribution in [0.3, 0.4) is 0 Å². The largest absolute Gasteiger partial charge is 0.935 e. The Morgan fingerprint density at radius 3 is 2.30 bits per heavy atom. The first-order valence-corrected chi connectivity index (χ1v) is 9.01. The van der Waals surface area contributed by atoms with Crippen LogP contribution in [0.2, 0.25) is 0 Å². The number of benzene rings is 1. The van der Waals surface area contributed by atoms with Crippen molar-refractivity contribution in [1.29, 1.82) is 0 Å². The number of halogens is 2. The number of rotatable bonds is 5. The molecule has 0 fully saturated rings. The maximum absolute atomic E-state index is 13.9. The number of aromatic nitrogens is 1. The third-order valence-corrected chi connectivity index (χ3v) is 4.93. The van der Waals surface area contributed by atoms with E-state index in [1.54, 1.807) is 49.6 Å². The molecule has 27 heavy (non-hydrogen) atoms. The van der Waals surface area contributed by atoms with Crippen molar-refractivity contribution in [3.8, 4) is 5.75 Å². The number of H-pyrrole nitrogens is 1. The van der Waals surface area contributed by atoms with Crippen LogP contribution in [-0.4, -0.2) is 29.7 Å². The zero-order valence-corrected chi connectivity index (χ0v) is 16.3. The lowest BCUT2D eigenvalue weighted by Crippen LogP contribution is -2.25.